The van der Waals surface area contributed by atoms with E-state index in [4.69, 9.17) is 4.42 Å². The molecule has 0 fully saturated rings. The highest BCUT2D eigenvalue weighted by atomic mass is 32.1. The Kier molecular flexibility index (Phi) is 7.85. The molecule has 0 aliphatic heterocycles. The number of nitrogens with zero attached hydrogens (tertiary/aromatic N) is 3. The number of furan rings is 1. The van der Waals surface area contributed by atoms with Crippen LogP contribution in [0.3, 0.4) is 0 Å². The Morgan fingerprint density at radius 2 is 1.96 bits per heavy atom. The number of thiazole rings is 1. The third-order valence-corrected chi connectivity index (χ3v) is 5.26. The van der Waals surface area contributed by atoms with Crippen molar-refractivity contribution in [2.75, 3.05) is 32.7 Å². The quantitative estimate of drug-likeness (QED) is 0.626. The summed E-state index contributed by atoms with van der Waals surface area (Å²) in [5.41, 5.74) is 0.820. The molecule has 26 heavy (non-hydrogen) atoms. The van der Waals surface area contributed by atoms with E-state index in [9.17, 15) is 4.79 Å². The fourth-order valence-corrected chi connectivity index (χ4v) is 3.66. The van der Waals surface area contributed by atoms with Crippen LogP contribution in [0.25, 0.3) is 10.8 Å². The molecule has 5 nitrogen and oxygen atoms in total. The van der Waals surface area contributed by atoms with Crippen molar-refractivity contribution >= 4 is 17.2 Å². The van der Waals surface area contributed by atoms with E-state index in [-0.39, 0.29) is 5.91 Å². The number of rotatable bonds is 10. The minimum absolute atomic E-state index is 0.151. The van der Waals surface area contributed by atoms with Gasteiger partial charge in [-0.2, -0.15) is 0 Å². The van der Waals surface area contributed by atoms with Gasteiger partial charge >= 0.3 is 0 Å². The summed E-state index contributed by atoms with van der Waals surface area (Å²) in [7, 11) is 0. The molecule has 0 aromatic carbocycles. The molecule has 1 amide bonds. The molecule has 0 unspecified atom stereocenters. The van der Waals surface area contributed by atoms with Gasteiger partial charge < -0.3 is 14.2 Å². The monoisotopic (exact) mass is 377 g/mol. The van der Waals surface area contributed by atoms with Crippen LogP contribution < -0.4 is 0 Å². The van der Waals surface area contributed by atoms with E-state index in [1.807, 2.05) is 29.3 Å². The van der Waals surface area contributed by atoms with Gasteiger partial charge in [-0.3, -0.25) is 4.79 Å². The Morgan fingerprint density at radius 1 is 1.23 bits per heavy atom. The first kappa shape index (κ1) is 20.6. The zero-order chi connectivity index (χ0) is 19.1. The van der Waals surface area contributed by atoms with Gasteiger partial charge in [0.25, 0.3) is 0 Å². The van der Waals surface area contributed by atoms with E-state index < -0.39 is 0 Å². The average Bonchev–Trinajstić information content (AvgIpc) is 3.23. The first-order valence-electron chi connectivity index (χ1n) is 9.44. The normalized spacial score (nSPS) is 11.5. The molecule has 6 heteroatoms. The van der Waals surface area contributed by atoms with Crippen LogP contribution in [0, 0.1) is 12.8 Å². The van der Waals surface area contributed by atoms with Gasteiger partial charge in [0.05, 0.1) is 12.1 Å². The fraction of sp³-hybridized carbons (Fsp3) is 0.600. The molecule has 2 heterocycles. The van der Waals surface area contributed by atoms with Crippen molar-refractivity contribution in [2.24, 2.45) is 5.92 Å². The molecule has 0 radical (unpaired) electrons. The molecule has 0 saturated heterocycles. The maximum Gasteiger partial charge on any atom is 0.228 e. The van der Waals surface area contributed by atoms with Crippen LogP contribution >= 0.6 is 11.3 Å². The predicted octanol–water partition coefficient (Wildman–Crippen LogP) is 4.08. The summed E-state index contributed by atoms with van der Waals surface area (Å²) >= 11 is 1.53. The number of carbonyl (C=O) groups excluding carboxylic acids is 1. The Hall–Kier alpha value is -1.66. The molecule has 2 aromatic rings. The lowest BCUT2D eigenvalue weighted by atomic mass is 10.2. The van der Waals surface area contributed by atoms with Gasteiger partial charge in [-0.05, 0) is 38.1 Å². The summed E-state index contributed by atoms with van der Waals surface area (Å²) in [6, 6.07) is 3.86. The molecule has 144 valence electrons. The molecule has 0 bridgehead atoms. The lowest BCUT2D eigenvalue weighted by Gasteiger charge is -2.27. The lowest BCUT2D eigenvalue weighted by Crippen LogP contribution is -2.41. The van der Waals surface area contributed by atoms with E-state index in [2.05, 4.69) is 37.6 Å². The van der Waals surface area contributed by atoms with Crippen molar-refractivity contribution in [1.82, 2.24) is 14.8 Å². The van der Waals surface area contributed by atoms with Gasteiger partial charge in [0, 0.05) is 25.0 Å². The summed E-state index contributed by atoms with van der Waals surface area (Å²) in [5.74, 6) is 2.24. The molecule has 0 N–H and O–H groups in total. The van der Waals surface area contributed by atoms with Crippen molar-refractivity contribution in [3.8, 4) is 10.8 Å². The van der Waals surface area contributed by atoms with Crippen molar-refractivity contribution < 1.29 is 9.21 Å². The minimum atomic E-state index is 0.151. The van der Waals surface area contributed by atoms with Crippen LogP contribution in [0.15, 0.2) is 21.9 Å². The molecule has 0 atom stereocenters. The number of hydrogen-bond acceptors (Lipinski definition) is 5. The van der Waals surface area contributed by atoms with Crippen molar-refractivity contribution in [3.63, 3.8) is 0 Å². The molecule has 0 spiro atoms. The zero-order valence-corrected chi connectivity index (χ0v) is 17.4. The number of hydrogen-bond donors (Lipinski definition) is 0. The minimum Gasteiger partial charge on any atom is -0.459 e. The molecular formula is C20H31N3O2S. The highest BCUT2D eigenvalue weighted by Crippen LogP contribution is 2.25. The lowest BCUT2D eigenvalue weighted by molar-refractivity contribution is -0.131. The Bertz CT molecular complexity index is 689. The topological polar surface area (TPSA) is 49.6 Å². The Balaban J connectivity index is 2.00. The average molecular weight is 378 g/mol. The summed E-state index contributed by atoms with van der Waals surface area (Å²) in [6.45, 7) is 15.0. The third-order valence-electron chi connectivity index (χ3n) is 4.35. The van der Waals surface area contributed by atoms with Gasteiger partial charge in [-0.25, -0.2) is 4.98 Å². The number of aromatic nitrogens is 1. The number of carbonyl (C=O) groups is 1. The summed E-state index contributed by atoms with van der Waals surface area (Å²) < 4.78 is 5.62. The van der Waals surface area contributed by atoms with Crippen LogP contribution in [0.1, 0.15) is 39.1 Å². The van der Waals surface area contributed by atoms with Gasteiger partial charge in [-0.15, -0.1) is 11.3 Å². The second kappa shape index (κ2) is 9.88. The largest absolute Gasteiger partial charge is 0.459 e. The van der Waals surface area contributed by atoms with Crippen molar-refractivity contribution in [1.29, 1.82) is 0 Å². The van der Waals surface area contributed by atoms with E-state index in [0.717, 1.165) is 54.9 Å². The second-order valence-electron chi connectivity index (χ2n) is 6.99. The number of aryl methyl sites for hydroxylation is 1. The third kappa shape index (κ3) is 5.95. The van der Waals surface area contributed by atoms with Crippen molar-refractivity contribution in [3.05, 3.63) is 29.0 Å². The molecule has 2 aromatic heterocycles. The summed E-state index contributed by atoms with van der Waals surface area (Å²) in [5, 5.41) is 2.79. The van der Waals surface area contributed by atoms with Crippen LogP contribution in [0.4, 0.5) is 0 Å². The van der Waals surface area contributed by atoms with E-state index >= 15 is 0 Å². The maximum absolute atomic E-state index is 12.8. The van der Waals surface area contributed by atoms with E-state index in [1.165, 1.54) is 11.3 Å². The molecule has 0 aliphatic carbocycles. The van der Waals surface area contributed by atoms with E-state index in [1.54, 1.807) is 0 Å². The van der Waals surface area contributed by atoms with Crippen LogP contribution in [0.2, 0.25) is 0 Å². The first-order chi connectivity index (χ1) is 12.4. The second-order valence-corrected chi connectivity index (χ2v) is 7.85. The highest BCUT2D eigenvalue weighted by molar-refractivity contribution is 7.13. The maximum atomic E-state index is 12.8. The van der Waals surface area contributed by atoms with Crippen LogP contribution in [0.5, 0.6) is 0 Å². The molecular weight excluding hydrogens is 346 g/mol. The summed E-state index contributed by atoms with van der Waals surface area (Å²) in [4.78, 5) is 21.8. The van der Waals surface area contributed by atoms with Crippen LogP contribution in [-0.4, -0.2) is 53.4 Å². The Labute approximate surface area is 161 Å². The fourth-order valence-electron chi connectivity index (χ4n) is 2.88. The van der Waals surface area contributed by atoms with Crippen LogP contribution in [-0.2, 0) is 11.2 Å². The zero-order valence-electron chi connectivity index (χ0n) is 16.6. The van der Waals surface area contributed by atoms with Gasteiger partial charge in [0.15, 0.2) is 10.8 Å². The standard InChI is InChI=1S/C20H31N3O2S/c1-6-22(7-2)10-11-23(13-15(3)4)19(24)12-17-14-26-20(21-17)18-9-8-16(5)25-18/h8-9,14-15H,6-7,10-13H2,1-5H3. The molecule has 2 rings (SSSR count). The van der Waals surface area contributed by atoms with Crippen molar-refractivity contribution in [2.45, 2.75) is 41.0 Å². The smallest absolute Gasteiger partial charge is 0.228 e. The number of likely N-dealkylation sites (N-methyl/N-ethyl adjacent to an activating group) is 1. The molecule has 0 saturated carbocycles. The van der Waals surface area contributed by atoms with Gasteiger partial charge in [0.1, 0.15) is 5.76 Å². The first-order valence-corrected chi connectivity index (χ1v) is 10.3. The Morgan fingerprint density at radius 3 is 2.54 bits per heavy atom. The summed E-state index contributed by atoms with van der Waals surface area (Å²) in [6.07, 6.45) is 0.348. The predicted molar refractivity (Wildman–Crippen MR) is 107 cm³/mol. The highest BCUT2D eigenvalue weighted by Gasteiger charge is 2.18. The number of amides is 1. The van der Waals surface area contributed by atoms with Gasteiger partial charge in [-0.1, -0.05) is 27.7 Å². The SMILES string of the molecule is CCN(CC)CCN(CC(C)C)C(=O)Cc1csc(-c2ccc(C)o2)n1. The van der Waals surface area contributed by atoms with E-state index in [0.29, 0.717) is 12.3 Å². The molecule has 0 aliphatic rings. The van der Waals surface area contributed by atoms with Gasteiger partial charge in [0.2, 0.25) is 5.91 Å².